The lowest BCUT2D eigenvalue weighted by Gasteiger charge is -2.16. The summed E-state index contributed by atoms with van der Waals surface area (Å²) in [5.74, 6) is -1.14. The lowest BCUT2D eigenvalue weighted by Crippen LogP contribution is -2.42. The minimum absolute atomic E-state index is 0.0730. The lowest BCUT2D eigenvalue weighted by molar-refractivity contribution is -0.142. The molecule has 0 radical (unpaired) electrons. The van der Waals surface area contributed by atoms with Crippen molar-refractivity contribution in [2.45, 2.75) is 32.7 Å². The van der Waals surface area contributed by atoms with Crippen LogP contribution in [-0.2, 0) is 16.0 Å². The molecule has 0 saturated heterocycles. The van der Waals surface area contributed by atoms with Gasteiger partial charge in [0.05, 0.1) is 12.1 Å². The van der Waals surface area contributed by atoms with Gasteiger partial charge in [-0.3, -0.25) is 4.79 Å². The fourth-order valence-corrected chi connectivity index (χ4v) is 2.18. The molecule has 6 heteroatoms. The van der Waals surface area contributed by atoms with E-state index in [0.717, 1.165) is 5.65 Å². The van der Waals surface area contributed by atoms with Gasteiger partial charge in [0.25, 0.3) is 0 Å². The molecule has 0 unspecified atom stereocenters. The molecule has 0 bridgehead atoms. The number of nitrogens with zero attached hydrogens (tertiary/aromatic N) is 2. The number of nitrogens with one attached hydrogen (secondary N) is 1. The predicted molar refractivity (Wildman–Crippen MR) is 77.9 cm³/mol. The maximum Gasteiger partial charge on any atom is 0.326 e. The van der Waals surface area contributed by atoms with E-state index in [1.165, 1.54) is 0 Å². The Morgan fingerprint density at radius 1 is 1.38 bits per heavy atom. The second-order valence-electron chi connectivity index (χ2n) is 5.46. The highest BCUT2D eigenvalue weighted by Crippen LogP contribution is 2.07. The molecule has 112 valence electrons. The number of carbonyl (C=O) groups is 2. The first kappa shape index (κ1) is 15.0. The van der Waals surface area contributed by atoms with Crippen molar-refractivity contribution < 1.29 is 14.7 Å². The number of carboxylic acids is 1. The molecule has 6 nitrogen and oxygen atoms in total. The molecule has 0 fully saturated rings. The highest BCUT2D eigenvalue weighted by atomic mass is 16.4. The van der Waals surface area contributed by atoms with Gasteiger partial charge in [-0.05, 0) is 24.5 Å². The van der Waals surface area contributed by atoms with Crippen LogP contribution < -0.4 is 5.32 Å². The summed E-state index contributed by atoms with van der Waals surface area (Å²) in [6.45, 7) is 3.84. The first-order chi connectivity index (χ1) is 9.95. The Labute approximate surface area is 122 Å². The number of amides is 1. The summed E-state index contributed by atoms with van der Waals surface area (Å²) in [6, 6.07) is 4.74. The van der Waals surface area contributed by atoms with Crippen LogP contribution in [-0.4, -0.2) is 32.4 Å². The molecule has 2 heterocycles. The highest BCUT2D eigenvalue weighted by molar-refractivity contribution is 5.84. The van der Waals surface area contributed by atoms with Crippen LogP contribution in [0.3, 0.4) is 0 Å². The summed E-state index contributed by atoms with van der Waals surface area (Å²) in [7, 11) is 0. The number of hydrogen-bond acceptors (Lipinski definition) is 3. The van der Waals surface area contributed by atoms with Crippen LogP contribution in [0.15, 0.2) is 30.6 Å². The Hall–Kier alpha value is -2.37. The van der Waals surface area contributed by atoms with Crippen molar-refractivity contribution in [3.05, 3.63) is 36.3 Å². The minimum atomic E-state index is -1.01. The van der Waals surface area contributed by atoms with Gasteiger partial charge < -0.3 is 14.8 Å². The smallest absolute Gasteiger partial charge is 0.326 e. The fourth-order valence-electron chi connectivity index (χ4n) is 2.18. The quantitative estimate of drug-likeness (QED) is 0.844. The summed E-state index contributed by atoms with van der Waals surface area (Å²) >= 11 is 0. The number of fused-ring (bicyclic) bond motifs is 1. The monoisotopic (exact) mass is 289 g/mol. The summed E-state index contributed by atoms with van der Waals surface area (Å²) in [5.41, 5.74) is 1.38. The lowest BCUT2D eigenvalue weighted by atomic mass is 10.0. The molecule has 0 aliphatic carbocycles. The van der Waals surface area contributed by atoms with Crippen LogP contribution >= 0.6 is 0 Å². The molecular weight excluding hydrogens is 270 g/mol. The number of aromatic nitrogens is 2. The van der Waals surface area contributed by atoms with Gasteiger partial charge in [-0.2, -0.15) is 0 Å². The second kappa shape index (κ2) is 6.39. The molecule has 0 aliphatic heterocycles. The Kier molecular flexibility index (Phi) is 4.57. The Morgan fingerprint density at radius 2 is 2.14 bits per heavy atom. The molecule has 0 saturated carbocycles. The normalized spacial score (nSPS) is 12.5. The Morgan fingerprint density at radius 3 is 2.76 bits per heavy atom. The van der Waals surface area contributed by atoms with Crippen molar-refractivity contribution in [3.63, 3.8) is 0 Å². The zero-order valence-electron chi connectivity index (χ0n) is 12.1. The second-order valence-corrected chi connectivity index (χ2v) is 5.46. The number of hydrogen-bond donors (Lipinski definition) is 2. The zero-order valence-corrected chi connectivity index (χ0v) is 12.1. The van der Waals surface area contributed by atoms with E-state index in [-0.39, 0.29) is 18.2 Å². The number of pyridine rings is 1. The molecule has 0 spiro atoms. The van der Waals surface area contributed by atoms with Gasteiger partial charge in [0.2, 0.25) is 5.91 Å². The minimum Gasteiger partial charge on any atom is -0.480 e. The van der Waals surface area contributed by atoms with Crippen LogP contribution in [0.4, 0.5) is 0 Å². The van der Waals surface area contributed by atoms with Crippen LogP contribution in [0.25, 0.3) is 5.65 Å². The molecule has 2 aromatic heterocycles. The van der Waals surface area contributed by atoms with E-state index in [1.807, 2.05) is 42.6 Å². The molecular formula is C15H19N3O3. The van der Waals surface area contributed by atoms with Crippen molar-refractivity contribution in [2.24, 2.45) is 5.92 Å². The van der Waals surface area contributed by atoms with Crippen molar-refractivity contribution in [2.75, 3.05) is 0 Å². The van der Waals surface area contributed by atoms with Crippen molar-refractivity contribution in [3.8, 4) is 0 Å². The average Bonchev–Trinajstić information content (AvgIpc) is 2.79. The van der Waals surface area contributed by atoms with E-state index in [1.54, 1.807) is 6.20 Å². The average molecular weight is 289 g/mol. The van der Waals surface area contributed by atoms with Crippen molar-refractivity contribution >= 4 is 17.5 Å². The van der Waals surface area contributed by atoms with Crippen LogP contribution in [0, 0.1) is 5.92 Å². The summed E-state index contributed by atoms with van der Waals surface area (Å²) in [4.78, 5) is 27.4. The topological polar surface area (TPSA) is 83.7 Å². The van der Waals surface area contributed by atoms with E-state index in [9.17, 15) is 9.59 Å². The third kappa shape index (κ3) is 4.05. The molecule has 1 atom stereocenters. The zero-order chi connectivity index (χ0) is 15.4. The first-order valence-electron chi connectivity index (χ1n) is 6.90. The molecule has 0 aromatic carbocycles. The van der Waals surface area contributed by atoms with Crippen molar-refractivity contribution in [1.82, 2.24) is 14.7 Å². The number of aliphatic carboxylic acids is 1. The predicted octanol–water partition coefficient (Wildman–Crippen LogP) is 1.49. The first-order valence-corrected chi connectivity index (χ1v) is 6.90. The van der Waals surface area contributed by atoms with Gasteiger partial charge in [0.15, 0.2) is 0 Å². The molecule has 1 amide bonds. The van der Waals surface area contributed by atoms with Gasteiger partial charge in [0, 0.05) is 12.4 Å². The van der Waals surface area contributed by atoms with Gasteiger partial charge in [-0.25, -0.2) is 9.78 Å². The van der Waals surface area contributed by atoms with Gasteiger partial charge >= 0.3 is 5.97 Å². The van der Waals surface area contributed by atoms with E-state index in [2.05, 4.69) is 10.3 Å². The Balaban J connectivity index is 2.01. The maximum absolute atomic E-state index is 12.0. The number of carboxylic acid groups (broad SMARTS) is 1. The van der Waals surface area contributed by atoms with Crippen LogP contribution in [0.2, 0.25) is 0 Å². The SMILES string of the molecule is CC(C)C[C@@H](NC(=O)Cc1cn2ccccc2n1)C(=O)O. The standard InChI is InChI=1S/C15H19N3O3/c1-10(2)7-12(15(20)21)17-14(19)8-11-9-18-6-4-3-5-13(18)16-11/h3-6,9-10,12H,7-8H2,1-2H3,(H,17,19)(H,20,21)/t12-/m1/s1. The highest BCUT2D eigenvalue weighted by Gasteiger charge is 2.21. The largest absolute Gasteiger partial charge is 0.480 e. The third-order valence-electron chi connectivity index (χ3n) is 3.10. The number of imidazole rings is 1. The van der Waals surface area contributed by atoms with Crippen LogP contribution in [0.1, 0.15) is 26.0 Å². The number of carbonyl (C=O) groups excluding carboxylic acids is 1. The summed E-state index contributed by atoms with van der Waals surface area (Å²) < 4.78 is 1.82. The molecule has 2 aromatic rings. The van der Waals surface area contributed by atoms with E-state index in [0.29, 0.717) is 12.1 Å². The number of rotatable bonds is 6. The van der Waals surface area contributed by atoms with Gasteiger partial charge in [-0.1, -0.05) is 19.9 Å². The van der Waals surface area contributed by atoms with Crippen molar-refractivity contribution in [1.29, 1.82) is 0 Å². The third-order valence-corrected chi connectivity index (χ3v) is 3.10. The summed E-state index contributed by atoms with van der Waals surface area (Å²) in [5, 5.41) is 11.7. The molecule has 2 N–H and O–H groups in total. The fraction of sp³-hybridized carbons (Fsp3) is 0.400. The maximum atomic E-state index is 12.0. The molecule has 2 rings (SSSR count). The van der Waals surface area contributed by atoms with E-state index >= 15 is 0 Å². The Bertz CT molecular complexity index is 615. The van der Waals surface area contributed by atoms with E-state index < -0.39 is 12.0 Å². The van der Waals surface area contributed by atoms with Gasteiger partial charge in [0.1, 0.15) is 11.7 Å². The van der Waals surface area contributed by atoms with Gasteiger partial charge in [-0.15, -0.1) is 0 Å². The van der Waals surface area contributed by atoms with E-state index in [4.69, 9.17) is 5.11 Å². The molecule has 0 aliphatic rings. The molecule has 21 heavy (non-hydrogen) atoms. The summed E-state index contributed by atoms with van der Waals surface area (Å²) in [6.07, 6.45) is 4.10. The van der Waals surface area contributed by atoms with Crippen LogP contribution in [0.5, 0.6) is 0 Å².